The van der Waals surface area contributed by atoms with E-state index in [9.17, 15) is 4.79 Å². The van der Waals surface area contributed by atoms with Gasteiger partial charge in [-0.15, -0.1) is 0 Å². The fraction of sp³-hybridized carbons (Fsp3) is 0.235. The lowest BCUT2D eigenvalue weighted by Gasteiger charge is -2.19. The van der Waals surface area contributed by atoms with E-state index >= 15 is 0 Å². The lowest BCUT2D eigenvalue weighted by atomic mass is 10.1. The molecule has 2 rings (SSSR count). The van der Waals surface area contributed by atoms with E-state index in [-0.39, 0.29) is 5.91 Å². The van der Waals surface area contributed by atoms with Gasteiger partial charge in [0.2, 0.25) is 0 Å². The van der Waals surface area contributed by atoms with Crippen LogP contribution in [0.15, 0.2) is 40.9 Å². The van der Waals surface area contributed by atoms with Crippen LogP contribution in [0.5, 0.6) is 0 Å². The predicted octanol–water partition coefficient (Wildman–Crippen LogP) is 4.18. The third-order valence-electron chi connectivity index (χ3n) is 3.68. The van der Waals surface area contributed by atoms with Crippen LogP contribution in [0.2, 0.25) is 0 Å². The first-order chi connectivity index (χ1) is 9.93. The molecule has 4 heteroatoms. The van der Waals surface area contributed by atoms with Gasteiger partial charge in [-0.2, -0.15) is 0 Å². The summed E-state index contributed by atoms with van der Waals surface area (Å²) in [6.45, 7) is 3.97. The van der Waals surface area contributed by atoms with Crippen molar-refractivity contribution in [2.24, 2.45) is 0 Å². The predicted molar refractivity (Wildman–Crippen MR) is 91.8 cm³/mol. The zero-order chi connectivity index (χ0) is 15.6. The summed E-state index contributed by atoms with van der Waals surface area (Å²) in [7, 11) is 1.78. The number of anilines is 2. The lowest BCUT2D eigenvalue weighted by molar-refractivity contribution is 0.0992. The van der Waals surface area contributed by atoms with Crippen molar-refractivity contribution in [1.29, 1.82) is 0 Å². The molecule has 0 aliphatic carbocycles. The van der Waals surface area contributed by atoms with Crippen LogP contribution in [-0.2, 0) is 6.42 Å². The van der Waals surface area contributed by atoms with Gasteiger partial charge in [-0.1, -0.05) is 35.0 Å². The minimum absolute atomic E-state index is 0.0650. The topological polar surface area (TPSA) is 46.3 Å². The quantitative estimate of drug-likeness (QED) is 0.847. The van der Waals surface area contributed by atoms with Gasteiger partial charge in [-0.05, 0) is 48.7 Å². The Hall–Kier alpha value is -1.81. The number of hydrogen-bond donors (Lipinski definition) is 1. The highest BCUT2D eigenvalue weighted by Gasteiger charge is 2.17. The Morgan fingerprint density at radius 3 is 2.43 bits per heavy atom. The average molecular weight is 347 g/mol. The largest absolute Gasteiger partial charge is 0.398 e. The maximum Gasteiger partial charge on any atom is 0.258 e. The Morgan fingerprint density at radius 2 is 1.86 bits per heavy atom. The van der Waals surface area contributed by atoms with Gasteiger partial charge in [0.15, 0.2) is 0 Å². The molecule has 0 bridgehead atoms. The van der Waals surface area contributed by atoms with E-state index in [2.05, 4.69) is 22.9 Å². The van der Waals surface area contributed by atoms with Crippen LogP contribution >= 0.6 is 15.9 Å². The highest BCUT2D eigenvalue weighted by atomic mass is 79.9. The Labute approximate surface area is 133 Å². The third-order valence-corrected chi connectivity index (χ3v) is 4.14. The average Bonchev–Trinajstić information content (AvgIpc) is 2.49. The van der Waals surface area contributed by atoms with Crippen LogP contribution in [0.3, 0.4) is 0 Å². The number of carbonyl (C=O) groups excluding carboxylic acids is 1. The summed E-state index contributed by atoms with van der Waals surface area (Å²) in [5.74, 6) is -0.0650. The van der Waals surface area contributed by atoms with Crippen LogP contribution in [0, 0.1) is 6.92 Å². The van der Waals surface area contributed by atoms with Crippen molar-refractivity contribution in [2.45, 2.75) is 20.3 Å². The van der Waals surface area contributed by atoms with Gasteiger partial charge in [0.25, 0.3) is 5.91 Å². The van der Waals surface area contributed by atoms with Gasteiger partial charge >= 0.3 is 0 Å². The number of nitrogens with zero attached hydrogens (tertiary/aromatic N) is 1. The third kappa shape index (κ3) is 3.27. The van der Waals surface area contributed by atoms with Crippen molar-refractivity contribution >= 4 is 33.2 Å². The Bertz CT molecular complexity index is 665. The maximum absolute atomic E-state index is 12.7. The molecule has 0 aliphatic rings. The number of aryl methyl sites for hydroxylation is 1. The molecule has 0 atom stereocenters. The second-order valence-electron chi connectivity index (χ2n) is 5.05. The molecular formula is C17H19BrN2O. The van der Waals surface area contributed by atoms with E-state index in [4.69, 9.17) is 5.73 Å². The molecule has 2 aromatic carbocycles. The summed E-state index contributed by atoms with van der Waals surface area (Å²) in [4.78, 5) is 14.3. The molecule has 0 unspecified atom stereocenters. The molecule has 0 saturated heterocycles. The van der Waals surface area contributed by atoms with E-state index in [1.54, 1.807) is 11.9 Å². The second kappa shape index (κ2) is 6.31. The number of nitrogens with two attached hydrogens (primary N) is 1. The van der Waals surface area contributed by atoms with Gasteiger partial charge in [-0.3, -0.25) is 4.79 Å². The molecule has 3 nitrogen and oxygen atoms in total. The molecule has 0 saturated carbocycles. The van der Waals surface area contributed by atoms with Gasteiger partial charge in [-0.25, -0.2) is 0 Å². The van der Waals surface area contributed by atoms with E-state index in [1.807, 2.05) is 43.3 Å². The minimum Gasteiger partial charge on any atom is -0.398 e. The maximum atomic E-state index is 12.7. The number of halogens is 1. The van der Waals surface area contributed by atoms with Crippen LogP contribution in [0.4, 0.5) is 11.4 Å². The molecule has 0 radical (unpaired) electrons. The first kappa shape index (κ1) is 15.6. The van der Waals surface area contributed by atoms with Crippen molar-refractivity contribution in [3.63, 3.8) is 0 Å². The minimum atomic E-state index is -0.0650. The molecule has 0 spiro atoms. The molecule has 0 heterocycles. The SMILES string of the molecule is CCc1ccc(N(C)C(=O)c2cc(Br)cc(N)c2C)cc1. The van der Waals surface area contributed by atoms with Gasteiger partial charge in [0, 0.05) is 28.5 Å². The molecule has 0 fully saturated rings. The number of benzene rings is 2. The van der Waals surface area contributed by atoms with Crippen LogP contribution in [0.25, 0.3) is 0 Å². The first-order valence-corrected chi connectivity index (χ1v) is 7.66. The molecule has 1 amide bonds. The summed E-state index contributed by atoms with van der Waals surface area (Å²) < 4.78 is 0.809. The number of hydrogen-bond acceptors (Lipinski definition) is 2. The van der Waals surface area contributed by atoms with E-state index < -0.39 is 0 Å². The summed E-state index contributed by atoms with van der Waals surface area (Å²) >= 11 is 3.39. The summed E-state index contributed by atoms with van der Waals surface area (Å²) in [6.07, 6.45) is 0.985. The zero-order valence-electron chi connectivity index (χ0n) is 12.5. The van der Waals surface area contributed by atoms with E-state index in [0.717, 1.165) is 22.1 Å². The molecule has 0 aromatic heterocycles. The Kier molecular flexibility index (Phi) is 4.68. The number of nitrogen functional groups attached to an aromatic ring is 1. The molecular weight excluding hydrogens is 328 g/mol. The van der Waals surface area contributed by atoms with Gasteiger partial charge in [0.05, 0.1) is 0 Å². The fourth-order valence-electron chi connectivity index (χ4n) is 2.18. The molecule has 2 N–H and O–H groups in total. The summed E-state index contributed by atoms with van der Waals surface area (Å²) in [5, 5.41) is 0. The van der Waals surface area contributed by atoms with Gasteiger partial charge < -0.3 is 10.6 Å². The highest BCUT2D eigenvalue weighted by molar-refractivity contribution is 9.10. The van der Waals surface area contributed by atoms with Crippen molar-refractivity contribution in [2.75, 3.05) is 17.7 Å². The smallest absolute Gasteiger partial charge is 0.258 e. The van der Waals surface area contributed by atoms with Gasteiger partial charge in [0.1, 0.15) is 0 Å². The summed E-state index contributed by atoms with van der Waals surface area (Å²) in [6, 6.07) is 11.6. The van der Waals surface area contributed by atoms with Crippen LogP contribution in [0.1, 0.15) is 28.4 Å². The van der Waals surface area contributed by atoms with Crippen LogP contribution < -0.4 is 10.6 Å². The van der Waals surface area contributed by atoms with Crippen LogP contribution in [-0.4, -0.2) is 13.0 Å². The Balaban J connectivity index is 2.34. The standard InChI is InChI=1S/C17H19BrN2O/c1-4-12-5-7-14(8-6-12)20(3)17(21)15-9-13(18)10-16(19)11(15)2/h5-10H,4,19H2,1-3H3. The van der Waals surface area contributed by atoms with E-state index in [1.165, 1.54) is 5.56 Å². The van der Waals surface area contributed by atoms with Crippen molar-refractivity contribution in [3.05, 3.63) is 57.6 Å². The number of rotatable bonds is 3. The number of carbonyl (C=O) groups is 1. The molecule has 0 aliphatic heterocycles. The first-order valence-electron chi connectivity index (χ1n) is 6.86. The lowest BCUT2D eigenvalue weighted by Crippen LogP contribution is -2.27. The zero-order valence-corrected chi connectivity index (χ0v) is 14.1. The van der Waals surface area contributed by atoms with Crippen molar-refractivity contribution in [1.82, 2.24) is 0 Å². The fourth-order valence-corrected chi connectivity index (χ4v) is 2.65. The normalized spacial score (nSPS) is 10.5. The van der Waals surface area contributed by atoms with Crippen molar-refractivity contribution < 1.29 is 4.79 Å². The monoisotopic (exact) mass is 346 g/mol. The number of amides is 1. The second-order valence-corrected chi connectivity index (χ2v) is 5.97. The molecule has 21 heavy (non-hydrogen) atoms. The summed E-state index contributed by atoms with van der Waals surface area (Å²) in [5.41, 5.74) is 10.1. The van der Waals surface area contributed by atoms with E-state index in [0.29, 0.717) is 11.3 Å². The van der Waals surface area contributed by atoms with Crippen molar-refractivity contribution in [3.8, 4) is 0 Å². The molecule has 2 aromatic rings. The Morgan fingerprint density at radius 1 is 1.24 bits per heavy atom. The molecule has 110 valence electrons. The highest BCUT2D eigenvalue weighted by Crippen LogP contribution is 2.25.